The van der Waals surface area contributed by atoms with Gasteiger partial charge in [0.15, 0.2) is 5.78 Å². The van der Waals surface area contributed by atoms with Crippen molar-refractivity contribution in [3.8, 4) is 0 Å². The van der Waals surface area contributed by atoms with Gasteiger partial charge in [0.1, 0.15) is 6.10 Å². The van der Waals surface area contributed by atoms with Crippen LogP contribution in [0.25, 0.3) is 0 Å². The summed E-state index contributed by atoms with van der Waals surface area (Å²) in [6.07, 6.45) is 0.505. The summed E-state index contributed by atoms with van der Waals surface area (Å²) in [4.78, 5) is 21.0. The van der Waals surface area contributed by atoms with E-state index < -0.39 is 17.8 Å². The smallest absolute Gasteiger partial charge is 0.209 e. The summed E-state index contributed by atoms with van der Waals surface area (Å²) in [5.41, 5.74) is 0. The highest BCUT2D eigenvalue weighted by molar-refractivity contribution is 5.95. The van der Waals surface area contributed by atoms with E-state index in [4.69, 9.17) is 5.11 Å². The maximum absolute atomic E-state index is 11.0. The van der Waals surface area contributed by atoms with Crippen molar-refractivity contribution in [2.24, 2.45) is 11.8 Å². The van der Waals surface area contributed by atoms with Crippen molar-refractivity contribution in [1.29, 1.82) is 0 Å². The number of rotatable bonds is 4. The van der Waals surface area contributed by atoms with Crippen LogP contribution in [0, 0.1) is 11.8 Å². The van der Waals surface area contributed by atoms with E-state index in [0.717, 1.165) is 0 Å². The number of Topliss-reactive ketones (excluding diaryl/α,β-unsaturated/α-hetero) is 1. The fourth-order valence-electron chi connectivity index (χ4n) is 0.643. The van der Waals surface area contributed by atoms with Gasteiger partial charge in [0.25, 0.3) is 0 Å². The molecule has 63 valence electrons. The van der Waals surface area contributed by atoms with E-state index in [1.807, 2.05) is 0 Å². The number of aliphatic hydroxyl groups excluding tert-OH is 1. The van der Waals surface area contributed by atoms with Crippen LogP contribution in [0.1, 0.15) is 20.8 Å². The fourth-order valence-corrected chi connectivity index (χ4v) is 0.643. The van der Waals surface area contributed by atoms with Gasteiger partial charge in [-0.1, -0.05) is 13.8 Å². The predicted molar refractivity (Wildman–Crippen MR) is 40.7 cm³/mol. The number of hydrogen-bond acceptors (Lipinski definition) is 3. The molecule has 1 N–H and O–H groups in total. The first-order valence-electron chi connectivity index (χ1n) is 3.60. The second kappa shape index (κ2) is 4.23. The molecule has 0 aromatic rings. The standard InChI is InChI=1S/C8H13O3/c1-5(2)7(10)8(11)6(3)4-9/h5-7,10H,1-3H3/t6?,7-/m0/s1. The quantitative estimate of drug-likeness (QED) is 0.598. The molecule has 1 unspecified atom stereocenters. The molecule has 0 fully saturated rings. The second-order valence-corrected chi connectivity index (χ2v) is 2.93. The third kappa shape index (κ3) is 2.80. The predicted octanol–water partition coefficient (Wildman–Crippen LogP) is 0.318. The Kier molecular flexibility index (Phi) is 3.97. The number of ketones is 1. The van der Waals surface area contributed by atoms with Crippen molar-refractivity contribution in [3.63, 3.8) is 0 Å². The maximum atomic E-state index is 11.0. The van der Waals surface area contributed by atoms with Gasteiger partial charge < -0.3 is 5.11 Å². The van der Waals surface area contributed by atoms with Gasteiger partial charge in [-0.2, -0.15) is 0 Å². The Balaban J connectivity index is 4.12. The fraction of sp³-hybridized carbons (Fsp3) is 0.750. The minimum Gasteiger partial charge on any atom is -0.385 e. The Hall–Kier alpha value is -0.700. The molecule has 0 saturated carbocycles. The summed E-state index contributed by atoms with van der Waals surface area (Å²) < 4.78 is 0. The monoisotopic (exact) mass is 157 g/mol. The van der Waals surface area contributed by atoms with Crippen LogP contribution in [0.3, 0.4) is 0 Å². The molecule has 0 aromatic heterocycles. The van der Waals surface area contributed by atoms with Crippen LogP contribution in [-0.4, -0.2) is 23.3 Å². The van der Waals surface area contributed by atoms with Crippen molar-refractivity contribution >= 4 is 12.1 Å². The minimum absolute atomic E-state index is 0.140. The van der Waals surface area contributed by atoms with Crippen LogP contribution in [0.15, 0.2) is 0 Å². The average molecular weight is 157 g/mol. The Labute approximate surface area is 66.4 Å². The highest BCUT2D eigenvalue weighted by Gasteiger charge is 2.24. The highest BCUT2D eigenvalue weighted by atomic mass is 16.3. The maximum Gasteiger partial charge on any atom is 0.209 e. The van der Waals surface area contributed by atoms with Gasteiger partial charge in [-0.05, 0) is 12.8 Å². The third-order valence-electron chi connectivity index (χ3n) is 1.53. The molecule has 0 aromatic carbocycles. The molecule has 0 aliphatic carbocycles. The van der Waals surface area contributed by atoms with Gasteiger partial charge in [0.2, 0.25) is 6.29 Å². The number of carbonyl (C=O) groups is 1. The van der Waals surface area contributed by atoms with Gasteiger partial charge in [0.05, 0.1) is 5.92 Å². The molecule has 0 saturated heterocycles. The molecule has 3 heteroatoms. The second-order valence-electron chi connectivity index (χ2n) is 2.93. The van der Waals surface area contributed by atoms with E-state index in [9.17, 15) is 9.59 Å². The third-order valence-corrected chi connectivity index (χ3v) is 1.53. The van der Waals surface area contributed by atoms with E-state index in [2.05, 4.69) is 0 Å². The first-order chi connectivity index (χ1) is 5.00. The Morgan fingerprint density at radius 1 is 1.36 bits per heavy atom. The first-order valence-corrected chi connectivity index (χ1v) is 3.60. The lowest BCUT2D eigenvalue weighted by atomic mass is 9.96. The first kappa shape index (κ1) is 10.3. The van der Waals surface area contributed by atoms with Crippen LogP contribution < -0.4 is 0 Å². The largest absolute Gasteiger partial charge is 0.385 e. The number of aliphatic hydroxyl groups is 1. The molecule has 0 spiro atoms. The van der Waals surface area contributed by atoms with Crippen LogP contribution in [0.4, 0.5) is 0 Å². The van der Waals surface area contributed by atoms with E-state index in [1.165, 1.54) is 6.92 Å². The van der Waals surface area contributed by atoms with Crippen LogP contribution >= 0.6 is 0 Å². The van der Waals surface area contributed by atoms with Crippen LogP contribution in [-0.2, 0) is 9.59 Å². The lowest BCUT2D eigenvalue weighted by molar-refractivity contribution is -0.130. The van der Waals surface area contributed by atoms with Crippen molar-refractivity contribution in [3.05, 3.63) is 0 Å². The molecule has 0 amide bonds. The highest BCUT2D eigenvalue weighted by Crippen LogP contribution is 2.07. The van der Waals surface area contributed by atoms with Gasteiger partial charge in [-0.25, -0.2) is 0 Å². The lowest BCUT2D eigenvalue weighted by Crippen LogP contribution is -2.31. The molecule has 1 radical (unpaired) electrons. The summed E-state index contributed by atoms with van der Waals surface area (Å²) in [5.74, 6) is -1.40. The van der Waals surface area contributed by atoms with E-state index in [-0.39, 0.29) is 5.92 Å². The van der Waals surface area contributed by atoms with Crippen molar-refractivity contribution in [2.45, 2.75) is 26.9 Å². The zero-order valence-corrected chi connectivity index (χ0v) is 7.00. The van der Waals surface area contributed by atoms with Gasteiger partial charge in [-0.15, -0.1) is 0 Å². The topological polar surface area (TPSA) is 54.4 Å². The zero-order chi connectivity index (χ0) is 9.02. The molecule has 0 heterocycles. The van der Waals surface area contributed by atoms with Crippen LogP contribution in [0.5, 0.6) is 0 Å². The van der Waals surface area contributed by atoms with Crippen molar-refractivity contribution in [1.82, 2.24) is 0 Å². The SMILES string of the molecule is CC([C]=O)C(=O)[C@@H](O)C(C)C. The number of carbonyl (C=O) groups excluding carboxylic acids is 2. The lowest BCUT2D eigenvalue weighted by Gasteiger charge is -2.13. The van der Waals surface area contributed by atoms with Crippen LogP contribution in [0.2, 0.25) is 0 Å². The molecule has 0 bridgehead atoms. The van der Waals surface area contributed by atoms with E-state index >= 15 is 0 Å². The Morgan fingerprint density at radius 2 is 1.82 bits per heavy atom. The summed E-state index contributed by atoms with van der Waals surface area (Å²) in [5, 5.41) is 9.17. The summed E-state index contributed by atoms with van der Waals surface area (Å²) in [6.45, 7) is 4.88. The summed E-state index contributed by atoms with van der Waals surface area (Å²) in [6, 6.07) is 0. The summed E-state index contributed by atoms with van der Waals surface area (Å²) in [7, 11) is 0. The normalized spacial score (nSPS) is 16.1. The zero-order valence-electron chi connectivity index (χ0n) is 7.00. The molecule has 0 aliphatic rings. The van der Waals surface area contributed by atoms with Crippen molar-refractivity contribution in [2.75, 3.05) is 0 Å². The summed E-state index contributed by atoms with van der Waals surface area (Å²) >= 11 is 0. The number of hydrogen-bond donors (Lipinski definition) is 1. The Bertz CT molecular complexity index is 151. The van der Waals surface area contributed by atoms with Gasteiger partial charge in [-0.3, -0.25) is 9.59 Å². The van der Waals surface area contributed by atoms with E-state index in [1.54, 1.807) is 20.1 Å². The molecule has 11 heavy (non-hydrogen) atoms. The van der Waals surface area contributed by atoms with E-state index in [0.29, 0.717) is 0 Å². The molecular formula is C8H13O3. The minimum atomic E-state index is -1.04. The molecule has 0 rings (SSSR count). The van der Waals surface area contributed by atoms with Crippen molar-refractivity contribution < 1.29 is 14.7 Å². The molecule has 2 atom stereocenters. The Morgan fingerprint density at radius 3 is 2.09 bits per heavy atom. The molecule has 0 aliphatic heterocycles. The molecule has 3 nitrogen and oxygen atoms in total. The van der Waals surface area contributed by atoms with Gasteiger partial charge >= 0.3 is 0 Å². The molecular weight excluding hydrogens is 144 g/mol. The average Bonchev–Trinajstić information content (AvgIpc) is 2.00. The van der Waals surface area contributed by atoms with Gasteiger partial charge in [0, 0.05) is 0 Å².